The predicted octanol–water partition coefficient (Wildman–Crippen LogP) is 5.34. The van der Waals surface area contributed by atoms with Crippen LogP contribution in [0.1, 0.15) is 46.4 Å². The Balaban J connectivity index is 1.46. The summed E-state index contributed by atoms with van der Waals surface area (Å²) in [6, 6.07) is 16.3. The number of aromatic hydroxyl groups is 1. The Hall–Kier alpha value is -3.13. The fourth-order valence-corrected chi connectivity index (χ4v) is 5.96. The minimum absolute atomic E-state index is 0.0424. The number of carbonyl (C=O) groups excluding carboxylic acids is 1. The summed E-state index contributed by atoms with van der Waals surface area (Å²) in [6.07, 6.45) is 6.54. The first-order valence-corrected chi connectivity index (χ1v) is 12.3. The average molecular weight is 491 g/mol. The van der Waals surface area contributed by atoms with E-state index in [-0.39, 0.29) is 16.9 Å². The second-order valence-corrected chi connectivity index (χ2v) is 9.80. The molecule has 2 unspecified atom stereocenters. The van der Waals surface area contributed by atoms with Gasteiger partial charge in [-0.3, -0.25) is 9.78 Å². The van der Waals surface area contributed by atoms with Crippen LogP contribution in [0, 0.1) is 0 Å². The lowest BCUT2D eigenvalue weighted by atomic mass is 9.98. The molecular formula is C26H23ClN4O2S. The van der Waals surface area contributed by atoms with E-state index in [0.29, 0.717) is 28.5 Å². The van der Waals surface area contributed by atoms with Crippen molar-refractivity contribution in [3.63, 3.8) is 0 Å². The summed E-state index contributed by atoms with van der Waals surface area (Å²) in [6.45, 7) is 0.454. The maximum absolute atomic E-state index is 13.7. The number of amides is 1. The van der Waals surface area contributed by atoms with Crippen molar-refractivity contribution in [3.8, 4) is 5.75 Å². The van der Waals surface area contributed by atoms with Gasteiger partial charge in [-0.05, 0) is 35.7 Å². The third-order valence-electron chi connectivity index (χ3n) is 6.10. The Kier molecular flexibility index (Phi) is 6.41. The molecule has 0 saturated heterocycles. The summed E-state index contributed by atoms with van der Waals surface area (Å²) in [7, 11) is 0. The Morgan fingerprint density at radius 3 is 2.79 bits per heavy atom. The first-order valence-electron chi connectivity index (χ1n) is 11.0. The van der Waals surface area contributed by atoms with E-state index in [1.165, 1.54) is 16.8 Å². The lowest BCUT2D eigenvalue weighted by molar-refractivity contribution is -0.128. The van der Waals surface area contributed by atoms with E-state index in [1.807, 2.05) is 36.4 Å². The number of hydrogen-bond donors (Lipinski definition) is 2. The zero-order valence-corrected chi connectivity index (χ0v) is 19.8. The van der Waals surface area contributed by atoms with Crippen LogP contribution in [0.5, 0.6) is 5.75 Å². The molecule has 8 heteroatoms. The first kappa shape index (κ1) is 22.7. The SMILES string of the molecule is NCc1ccccc1C1CC=C(C(=O)N2N=C(c3cccnc3)CC2c2c(O)cccc2Cl)S1. The van der Waals surface area contributed by atoms with Gasteiger partial charge in [-0.25, -0.2) is 5.01 Å². The van der Waals surface area contributed by atoms with Gasteiger partial charge in [0.1, 0.15) is 5.75 Å². The molecule has 34 heavy (non-hydrogen) atoms. The van der Waals surface area contributed by atoms with Crippen LogP contribution >= 0.6 is 23.4 Å². The predicted molar refractivity (Wildman–Crippen MR) is 135 cm³/mol. The van der Waals surface area contributed by atoms with Crippen LogP contribution in [0.3, 0.4) is 0 Å². The fraction of sp³-hybridized carbons (Fsp3) is 0.192. The van der Waals surface area contributed by atoms with Crippen molar-refractivity contribution in [2.45, 2.75) is 30.7 Å². The minimum atomic E-state index is -0.520. The molecule has 3 N–H and O–H groups in total. The fourth-order valence-electron chi connectivity index (χ4n) is 4.42. The van der Waals surface area contributed by atoms with E-state index >= 15 is 0 Å². The number of pyridine rings is 1. The average Bonchev–Trinajstić information content (AvgIpc) is 3.52. The molecule has 2 atom stereocenters. The van der Waals surface area contributed by atoms with Gasteiger partial charge in [-0.15, -0.1) is 11.8 Å². The second kappa shape index (κ2) is 9.62. The third-order valence-corrected chi connectivity index (χ3v) is 7.75. The van der Waals surface area contributed by atoms with E-state index in [1.54, 1.807) is 30.6 Å². The normalized spacial score (nSPS) is 19.8. The number of nitrogens with zero attached hydrogens (tertiary/aromatic N) is 3. The molecule has 0 bridgehead atoms. The number of allylic oxidation sites excluding steroid dienone is 1. The highest BCUT2D eigenvalue weighted by Crippen LogP contribution is 2.48. The zero-order valence-electron chi connectivity index (χ0n) is 18.3. The van der Waals surface area contributed by atoms with Crippen LogP contribution in [-0.4, -0.2) is 26.7 Å². The summed E-state index contributed by atoms with van der Waals surface area (Å²) in [5.74, 6) is -0.165. The first-order chi connectivity index (χ1) is 16.6. The highest BCUT2D eigenvalue weighted by Gasteiger charge is 2.38. The van der Waals surface area contributed by atoms with Gasteiger partial charge in [0, 0.05) is 46.8 Å². The van der Waals surface area contributed by atoms with Crippen molar-refractivity contribution >= 4 is 35.0 Å². The smallest absolute Gasteiger partial charge is 0.280 e. The molecule has 2 aliphatic heterocycles. The number of carbonyl (C=O) groups is 1. The van der Waals surface area contributed by atoms with Crippen molar-refractivity contribution in [1.29, 1.82) is 0 Å². The van der Waals surface area contributed by atoms with Crippen molar-refractivity contribution < 1.29 is 9.90 Å². The van der Waals surface area contributed by atoms with Crippen LogP contribution in [0.2, 0.25) is 5.02 Å². The highest BCUT2D eigenvalue weighted by molar-refractivity contribution is 8.04. The number of hydrazone groups is 1. The molecule has 0 fully saturated rings. The monoisotopic (exact) mass is 490 g/mol. The number of hydrogen-bond acceptors (Lipinski definition) is 6. The Morgan fingerprint density at radius 2 is 2.03 bits per heavy atom. The van der Waals surface area contributed by atoms with Crippen LogP contribution in [0.15, 0.2) is 83.1 Å². The third kappa shape index (κ3) is 4.22. The number of nitrogens with two attached hydrogens (primary N) is 1. The summed E-state index contributed by atoms with van der Waals surface area (Å²) >= 11 is 8.00. The van der Waals surface area contributed by atoms with Crippen LogP contribution in [0.25, 0.3) is 0 Å². The van der Waals surface area contributed by atoms with Crippen molar-refractivity contribution in [2.24, 2.45) is 10.8 Å². The van der Waals surface area contributed by atoms with E-state index < -0.39 is 6.04 Å². The van der Waals surface area contributed by atoms with Crippen LogP contribution in [0.4, 0.5) is 0 Å². The molecular weight excluding hydrogens is 468 g/mol. The number of aromatic nitrogens is 1. The van der Waals surface area contributed by atoms with Gasteiger partial charge in [0.25, 0.3) is 5.91 Å². The van der Waals surface area contributed by atoms with Gasteiger partial charge in [-0.2, -0.15) is 5.10 Å². The molecule has 2 aliphatic rings. The minimum Gasteiger partial charge on any atom is -0.508 e. The Labute approximate surface area is 207 Å². The second-order valence-electron chi connectivity index (χ2n) is 8.14. The maximum Gasteiger partial charge on any atom is 0.280 e. The van der Waals surface area contributed by atoms with Gasteiger partial charge in [0.15, 0.2) is 0 Å². The molecule has 6 nitrogen and oxygen atoms in total. The Bertz CT molecular complexity index is 1270. The van der Waals surface area contributed by atoms with Crippen LogP contribution < -0.4 is 5.73 Å². The van der Waals surface area contributed by atoms with E-state index in [2.05, 4.69) is 11.1 Å². The quantitative estimate of drug-likeness (QED) is 0.503. The Morgan fingerprint density at radius 1 is 1.18 bits per heavy atom. The van der Waals surface area contributed by atoms with E-state index in [9.17, 15) is 9.90 Å². The van der Waals surface area contributed by atoms with Gasteiger partial charge in [0.2, 0.25) is 0 Å². The summed E-state index contributed by atoms with van der Waals surface area (Å²) in [4.78, 5) is 18.5. The molecule has 2 aromatic carbocycles. The number of phenolic OH excluding ortho intramolecular Hbond substituents is 1. The topological polar surface area (TPSA) is 91.8 Å². The molecule has 1 amide bonds. The molecule has 0 radical (unpaired) electrons. The number of benzene rings is 2. The largest absolute Gasteiger partial charge is 0.508 e. The molecule has 5 rings (SSSR count). The molecule has 0 saturated carbocycles. The van der Waals surface area contributed by atoms with Gasteiger partial charge >= 0.3 is 0 Å². The molecule has 0 spiro atoms. The van der Waals surface area contributed by atoms with Gasteiger partial charge < -0.3 is 10.8 Å². The molecule has 1 aromatic heterocycles. The summed E-state index contributed by atoms with van der Waals surface area (Å²) in [5, 5.41) is 17.3. The van der Waals surface area contributed by atoms with Crippen molar-refractivity contribution in [2.75, 3.05) is 0 Å². The van der Waals surface area contributed by atoms with Crippen molar-refractivity contribution in [3.05, 3.63) is 105 Å². The molecule has 3 aromatic rings. The lowest BCUT2D eigenvalue weighted by Gasteiger charge is -2.24. The number of thioether (sulfide) groups is 1. The van der Waals surface area contributed by atoms with Gasteiger partial charge in [0.05, 0.1) is 16.7 Å². The van der Waals surface area contributed by atoms with E-state index in [0.717, 1.165) is 28.8 Å². The zero-order chi connectivity index (χ0) is 23.7. The number of rotatable bonds is 5. The summed E-state index contributed by atoms with van der Waals surface area (Å²) in [5.41, 5.74) is 10.2. The van der Waals surface area contributed by atoms with Crippen molar-refractivity contribution in [1.82, 2.24) is 9.99 Å². The van der Waals surface area contributed by atoms with Crippen LogP contribution in [-0.2, 0) is 11.3 Å². The van der Waals surface area contributed by atoms with Gasteiger partial charge in [-0.1, -0.05) is 54.1 Å². The molecule has 3 heterocycles. The highest BCUT2D eigenvalue weighted by atomic mass is 35.5. The molecule has 172 valence electrons. The number of phenols is 1. The van der Waals surface area contributed by atoms with E-state index in [4.69, 9.17) is 22.4 Å². The number of halogens is 1. The standard InChI is InChI=1S/C26H23ClN4O2S/c27-19-8-3-9-22(32)25(19)21-13-20(17-6-4-12-29-15-17)30-31(21)26(33)24-11-10-23(34-24)18-7-2-1-5-16(18)14-28/h1-9,11-12,15,21,23,32H,10,13-14,28H2. The maximum atomic E-state index is 13.7. The lowest BCUT2D eigenvalue weighted by Crippen LogP contribution is -2.27. The molecule has 0 aliphatic carbocycles. The summed E-state index contributed by atoms with van der Waals surface area (Å²) < 4.78 is 0.